The van der Waals surface area contributed by atoms with Crippen LogP contribution in [0.3, 0.4) is 0 Å². The van der Waals surface area contributed by atoms with E-state index >= 15 is 0 Å². The molecule has 1 amide bonds. The fraction of sp³-hybridized carbons (Fsp3) is 0.286. The third-order valence-electron chi connectivity index (χ3n) is 5.32. The number of amides is 1. The maximum Gasteiger partial charge on any atom is 0.248 e. The topological polar surface area (TPSA) is 64.2 Å². The molecule has 1 atom stereocenters. The van der Waals surface area contributed by atoms with E-state index in [1.54, 1.807) is 11.3 Å². The molecule has 4 aromatic rings. The fourth-order valence-electron chi connectivity index (χ4n) is 3.83. The van der Waals surface area contributed by atoms with E-state index in [9.17, 15) is 4.79 Å². The largest absolute Gasteiger partial charge is 0.420 e. The Balaban J connectivity index is 1.29. The van der Waals surface area contributed by atoms with E-state index in [0.717, 1.165) is 35.9 Å². The van der Waals surface area contributed by atoms with Crippen LogP contribution in [0, 0.1) is 0 Å². The lowest BCUT2D eigenvalue weighted by molar-refractivity contribution is -0.133. The Morgan fingerprint density at radius 1 is 1.21 bits per heavy atom. The number of para-hydroxylation sites is 1. The van der Waals surface area contributed by atoms with E-state index in [1.807, 2.05) is 56.8 Å². The molecule has 7 heteroatoms. The number of thiophene rings is 1. The number of hydrogen-bond donors (Lipinski definition) is 0. The minimum absolute atomic E-state index is 0.0963. The first-order valence-corrected chi connectivity index (χ1v) is 10.4. The van der Waals surface area contributed by atoms with Crippen molar-refractivity contribution < 1.29 is 9.21 Å². The number of hydrogen-bond acceptors (Lipinski definition) is 5. The van der Waals surface area contributed by atoms with E-state index in [-0.39, 0.29) is 11.8 Å². The van der Waals surface area contributed by atoms with Crippen molar-refractivity contribution in [2.24, 2.45) is 0 Å². The smallest absolute Gasteiger partial charge is 0.248 e. The number of piperidine rings is 1. The summed E-state index contributed by atoms with van der Waals surface area (Å²) >= 11 is 1.60. The zero-order chi connectivity index (χ0) is 18.9. The summed E-state index contributed by atoms with van der Waals surface area (Å²) in [5, 5.41) is 13.6. The Kier molecular flexibility index (Phi) is 4.44. The summed E-state index contributed by atoms with van der Waals surface area (Å²) in [7, 11) is 0. The van der Waals surface area contributed by atoms with Crippen molar-refractivity contribution in [3.8, 4) is 11.5 Å². The van der Waals surface area contributed by atoms with Crippen LogP contribution in [0.2, 0.25) is 0 Å². The molecule has 4 heterocycles. The fourth-order valence-corrected chi connectivity index (χ4v) is 4.46. The number of nitrogens with zero attached hydrogens (tertiary/aromatic N) is 4. The molecular weight excluding hydrogens is 372 g/mol. The van der Waals surface area contributed by atoms with Crippen molar-refractivity contribution in [3.63, 3.8) is 0 Å². The van der Waals surface area contributed by atoms with Gasteiger partial charge in [-0.1, -0.05) is 18.2 Å². The Labute approximate surface area is 166 Å². The Hall–Kier alpha value is -2.93. The molecule has 28 heavy (non-hydrogen) atoms. The average Bonchev–Trinajstić information content (AvgIpc) is 3.49. The number of benzene rings is 1. The van der Waals surface area contributed by atoms with Crippen LogP contribution < -0.4 is 0 Å². The van der Waals surface area contributed by atoms with Gasteiger partial charge in [0.05, 0.1) is 5.92 Å². The first-order valence-electron chi connectivity index (χ1n) is 9.45. The van der Waals surface area contributed by atoms with E-state index < -0.39 is 0 Å². The van der Waals surface area contributed by atoms with Gasteiger partial charge in [0.1, 0.15) is 6.54 Å². The predicted octanol–water partition coefficient (Wildman–Crippen LogP) is 4.16. The summed E-state index contributed by atoms with van der Waals surface area (Å²) in [6.07, 6.45) is 3.88. The van der Waals surface area contributed by atoms with Crippen LogP contribution in [0.25, 0.3) is 22.4 Å². The lowest BCUT2D eigenvalue weighted by Crippen LogP contribution is -2.40. The molecule has 0 saturated carbocycles. The second-order valence-corrected chi connectivity index (χ2v) is 7.92. The molecule has 1 saturated heterocycles. The molecule has 3 aromatic heterocycles. The second-order valence-electron chi connectivity index (χ2n) is 7.14. The molecule has 6 nitrogen and oxygen atoms in total. The van der Waals surface area contributed by atoms with Gasteiger partial charge in [-0.2, -0.15) is 11.3 Å². The molecule has 0 aliphatic carbocycles. The van der Waals surface area contributed by atoms with E-state index in [4.69, 9.17) is 4.42 Å². The standard InChI is InChI=1S/C21H20N4O2S/c26-19(13-24-10-7-15-4-1-2-6-18(15)24)25-9-3-5-16(12-25)20-22-23-21(27-20)17-8-11-28-14-17/h1-2,4,6-8,10-11,14,16H,3,5,9,12-13H2/t16-/m1/s1. The number of fused-ring (bicyclic) bond motifs is 1. The molecule has 142 valence electrons. The van der Waals surface area contributed by atoms with E-state index in [2.05, 4.69) is 16.3 Å². The van der Waals surface area contributed by atoms with Gasteiger partial charge in [0.15, 0.2) is 0 Å². The highest BCUT2D eigenvalue weighted by atomic mass is 32.1. The molecule has 1 aliphatic rings. The SMILES string of the molecule is O=C(Cn1ccc2ccccc21)N1CCC[C@@H](c2nnc(-c3ccsc3)o2)C1. The molecule has 0 bridgehead atoms. The number of rotatable bonds is 4. The molecule has 0 N–H and O–H groups in total. The quantitative estimate of drug-likeness (QED) is 0.523. The van der Waals surface area contributed by atoms with Gasteiger partial charge in [0.25, 0.3) is 0 Å². The van der Waals surface area contributed by atoms with Crippen LogP contribution in [0.15, 0.2) is 57.8 Å². The molecule has 1 aliphatic heterocycles. The number of carbonyl (C=O) groups excluding carboxylic acids is 1. The van der Waals surface area contributed by atoms with Crippen LogP contribution in [0.1, 0.15) is 24.7 Å². The van der Waals surface area contributed by atoms with Gasteiger partial charge in [0, 0.05) is 35.7 Å². The molecule has 0 unspecified atom stereocenters. The minimum Gasteiger partial charge on any atom is -0.420 e. The van der Waals surface area contributed by atoms with Crippen molar-refractivity contribution >= 4 is 28.1 Å². The Morgan fingerprint density at radius 3 is 3.04 bits per heavy atom. The van der Waals surface area contributed by atoms with Crippen LogP contribution in [-0.4, -0.2) is 38.7 Å². The van der Waals surface area contributed by atoms with Gasteiger partial charge in [0.2, 0.25) is 17.7 Å². The van der Waals surface area contributed by atoms with Crippen molar-refractivity contribution in [1.82, 2.24) is 19.7 Å². The summed E-state index contributed by atoms with van der Waals surface area (Å²) in [5.41, 5.74) is 2.04. The Morgan fingerprint density at radius 2 is 2.14 bits per heavy atom. The van der Waals surface area contributed by atoms with Crippen LogP contribution in [0.4, 0.5) is 0 Å². The van der Waals surface area contributed by atoms with E-state index in [0.29, 0.717) is 24.9 Å². The van der Waals surface area contributed by atoms with Gasteiger partial charge in [-0.05, 0) is 41.8 Å². The Bertz CT molecular complexity index is 1100. The third kappa shape index (κ3) is 3.22. The minimum atomic E-state index is 0.0963. The highest BCUT2D eigenvalue weighted by Crippen LogP contribution is 2.29. The van der Waals surface area contributed by atoms with Crippen molar-refractivity contribution in [2.75, 3.05) is 13.1 Å². The molecule has 0 radical (unpaired) electrons. The zero-order valence-corrected chi connectivity index (χ0v) is 16.1. The lowest BCUT2D eigenvalue weighted by Gasteiger charge is -2.31. The first-order chi connectivity index (χ1) is 13.8. The van der Waals surface area contributed by atoms with Crippen molar-refractivity contribution in [2.45, 2.75) is 25.3 Å². The maximum absolute atomic E-state index is 12.9. The summed E-state index contributed by atoms with van der Waals surface area (Å²) < 4.78 is 7.92. The highest BCUT2D eigenvalue weighted by molar-refractivity contribution is 7.08. The molecule has 1 fully saturated rings. The molecule has 5 rings (SSSR count). The summed E-state index contributed by atoms with van der Waals surface area (Å²) in [5.74, 6) is 1.41. The van der Waals surface area contributed by atoms with Crippen molar-refractivity contribution in [1.29, 1.82) is 0 Å². The van der Waals surface area contributed by atoms with Gasteiger partial charge in [-0.3, -0.25) is 4.79 Å². The predicted molar refractivity (Wildman–Crippen MR) is 108 cm³/mol. The summed E-state index contributed by atoms with van der Waals surface area (Å²) in [6.45, 7) is 1.76. The monoisotopic (exact) mass is 392 g/mol. The lowest BCUT2D eigenvalue weighted by atomic mass is 9.98. The van der Waals surface area contributed by atoms with Crippen molar-refractivity contribution in [3.05, 3.63) is 59.2 Å². The second kappa shape index (κ2) is 7.24. The molecular formula is C21H20N4O2S. The summed E-state index contributed by atoms with van der Waals surface area (Å²) in [6, 6.07) is 12.1. The zero-order valence-electron chi connectivity index (χ0n) is 15.3. The van der Waals surface area contributed by atoms with Gasteiger partial charge in [-0.25, -0.2) is 0 Å². The van der Waals surface area contributed by atoms with Gasteiger partial charge < -0.3 is 13.9 Å². The van der Waals surface area contributed by atoms with Gasteiger partial charge >= 0.3 is 0 Å². The first kappa shape index (κ1) is 17.2. The number of likely N-dealkylation sites (tertiary alicyclic amines) is 1. The summed E-state index contributed by atoms with van der Waals surface area (Å²) in [4.78, 5) is 14.8. The average molecular weight is 392 g/mol. The highest BCUT2D eigenvalue weighted by Gasteiger charge is 2.28. The number of carbonyl (C=O) groups is 1. The van der Waals surface area contributed by atoms with Gasteiger partial charge in [-0.15, -0.1) is 10.2 Å². The van der Waals surface area contributed by atoms with Crippen LogP contribution in [-0.2, 0) is 11.3 Å². The normalized spacial score (nSPS) is 17.3. The van der Waals surface area contributed by atoms with Crippen LogP contribution in [0.5, 0.6) is 0 Å². The molecule has 0 spiro atoms. The molecule has 1 aromatic carbocycles. The number of aromatic nitrogens is 3. The van der Waals surface area contributed by atoms with Crippen LogP contribution >= 0.6 is 11.3 Å². The third-order valence-corrected chi connectivity index (χ3v) is 6.00. The maximum atomic E-state index is 12.9. The van der Waals surface area contributed by atoms with E-state index in [1.165, 1.54) is 0 Å².